The smallest absolute Gasteiger partial charge is 0.325 e. The maximum Gasteiger partial charge on any atom is 0.332 e. The van der Waals surface area contributed by atoms with Crippen LogP contribution < -0.4 is 11.2 Å². The zero-order valence-corrected chi connectivity index (χ0v) is 12.3. The van der Waals surface area contributed by atoms with E-state index in [2.05, 4.69) is 4.98 Å². The molecule has 2 aromatic heterocycles. The zero-order chi connectivity index (χ0) is 31.2. The SMILES string of the molecule is [2H]C([2H])(CC)n1cnc2c1c(=O)n(C([2H])([2H])C([2H])([2H])C([2H])([2H])C([2H])([2H])C(F)(C([2H])([2H])[2H])C([3H])([3H])[3H])c(=O)n2C. The molecule has 0 bridgehead atoms. The molecule has 128 valence electrons. The molecule has 2 aromatic rings. The summed E-state index contributed by atoms with van der Waals surface area (Å²) >= 11 is 0. The van der Waals surface area contributed by atoms with Crippen LogP contribution in [0.4, 0.5) is 4.39 Å². The van der Waals surface area contributed by atoms with Gasteiger partial charge in [0.15, 0.2) is 11.2 Å². The lowest BCUT2D eigenvalue weighted by molar-refractivity contribution is 0.195. The second kappa shape index (κ2) is 6.68. The average molecular weight is 344 g/mol. The molecule has 0 amide bonds. The van der Waals surface area contributed by atoms with E-state index in [1.54, 1.807) is 0 Å². The molecule has 7 heteroatoms. The fourth-order valence-corrected chi connectivity index (χ4v) is 1.81. The first-order chi connectivity index (χ1) is 17.0. The maximum atomic E-state index is 15.8. The summed E-state index contributed by atoms with van der Waals surface area (Å²) in [4.78, 5) is 30.2. The first-order valence-electron chi connectivity index (χ1n) is 14.4. The quantitative estimate of drug-likeness (QED) is 0.774. The van der Waals surface area contributed by atoms with Gasteiger partial charge in [0, 0.05) is 39.2 Å². The predicted octanol–water partition coefficient (Wildman–Crippen LogP) is 2.23. The molecule has 0 spiro atoms. The highest BCUT2D eigenvalue weighted by atomic mass is 19.1. The van der Waals surface area contributed by atoms with Crippen molar-refractivity contribution in [1.82, 2.24) is 18.7 Å². The van der Waals surface area contributed by atoms with Gasteiger partial charge in [0.1, 0.15) is 5.67 Å². The van der Waals surface area contributed by atoms with E-state index in [1.165, 1.54) is 6.92 Å². The molecule has 0 saturated heterocycles. The van der Waals surface area contributed by atoms with Gasteiger partial charge in [-0.2, -0.15) is 0 Å². The van der Waals surface area contributed by atoms with Gasteiger partial charge in [0.05, 0.1) is 9.07 Å². The van der Waals surface area contributed by atoms with Gasteiger partial charge >= 0.3 is 5.69 Å². The topological polar surface area (TPSA) is 61.8 Å². The van der Waals surface area contributed by atoms with Gasteiger partial charge in [-0.25, -0.2) is 14.2 Å². The molecular formula is C16H25FN4O2. The summed E-state index contributed by atoms with van der Waals surface area (Å²) in [7, 11) is 0.939. The predicted molar refractivity (Wildman–Crippen MR) is 88.6 cm³/mol. The summed E-state index contributed by atoms with van der Waals surface area (Å²) in [6, 6.07) is 0. The Morgan fingerprint density at radius 1 is 1.48 bits per heavy atom. The molecule has 0 aromatic carbocycles. The number of halogens is 1. The normalized spacial score (nSPS) is 28.8. The van der Waals surface area contributed by atoms with Crippen LogP contribution in [0.3, 0.4) is 0 Å². The van der Waals surface area contributed by atoms with Crippen molar-refractivity contribution in [1.29, 1.82) is 0 Å². The summed E-state index contributed by atoms with van der Waals surface area (Å²) in [6.07, 6.45) is -13.5. The highest BCUT2D eigenvalue weighted by molar-refractivity contribution is 5.69. The van der Waals surface area contributed by atoms with Crippen LogP contribution in [-0.2, 0) is 20.0 Å². The second-order valence-corrected chi connectivity index (χ2v) is 4.43. The molecule has 1 atom stereocenters. The van der Waals surface area contributed by atoms with Crippen molar-refractivity contribution in [3.63, 3.8) is 0 Å². The molecule has 0 aliphatic rings. The summed E-state index contributed by atoms with van der Waals surface area (Å²) in [5.41, 5.74) is -9.74. The Kier molecular flexibility index (Phi) is 1.70. The number of hydrogen-bond donors (Lipinski definition) is 0. The number of fused-ring (bicyclic) bond motifs is 1. The van der Waals surface area contributed by atoms with Crippen molar-refractivity contribution in [3.8, 4) is 0 Å². The van der Waals surface area contributed by atoms with Crippen molar-refractivity contribution in [2.75, 3.05) is 0 Å². The third-order valence-electron chi connectivity index (χ3n) is 2.74. The van der Waals surface area contributed by atoms with Crippen LogP contribution in [-0.4, -0.2) is 24.4 Å². The van der Waals surface area contributed by atoms with Crippen LogP contribution in [0.5, 0.6) is 0 Å². The minimum absolute atomic E-state index is 0.264. The maximum absolute atomic E-state index is 15.8. The molecule has 1 unspecified atom stereocenters. The van der Waals surface area contributed by atoms with E-state index in [1.807, 2.05) is 0 Å². The van der Waals surface area contributed by atoms with E-state index < -0.39 is 78.5 Å². The number of aromatic nitrogens is 4. The molecule has 0 fully saturated rings. The van der Waals surface area contributed by atoms with E-state index in [4.69, 9.17) is 21.9 Å². The molecule has 0 N–H and O–H groups in total. The zero-order valence-electron chi connectivity index (χ0n) is 28.3. The molecule has 2 heterocycles. The van der Waals surface area contributed by atoms with Crippen molar-refractivity contribution in [2.24, 2.45) is 7.05 Å². The minimum Gasteiger partial charge on any atom is -0.325 e. The Morgan fingerprint density at radius 3 is 2.91 bits per heavy atom. The van der Waals surface area contributed by atoms with E-state index >= 15 is 4.39 Å². The van der Waals surface area contributed by atoms with E-state index in [9.17, 15) is 9.59 Å². The van der Waals surface area contributed by atoms with Crippen molar-refractivity contribution in [2.45, 2.75) is 64.8 Å². The monoisotopic (exact) mass is 343 g/mol. The lowest BCUT2D eigenvalue weighted by Crippen LogP contribution is -2.39. The van der Waals surface area contributed by atoms with Crippen LogP contribution in [0.15, 0.2) is 15.9 Å². The molecule has 2 rings (SSSR count). The summed E-state index contributed by atoms with van der Waals surface area (Å²) in [5, 5.41) is 0. The summed E-state index contributed by atoms with van der Waals surface area (Å²) < 4.78 is 141. The van der Waals surface area contributed by atoms with Crippen LogP contribution >= 0.6 is 0 Å². The Bertz CT molecular complexity index is 1370. The van der Waals surface area contributed by atoms with Gasteiger partial charge in [-0.05, 0) is 39.2 Å². The van der Waals surface area contributed by atoms with Gasteiger partial charge < -0.3 is 4.57 Å². The molecular weight excluding hydrogens is 299 g/mol. The van der Waals surface area contributed by atoms with Gasteiger partial charge in [0.25, 0.3) is 5.56 Å². The lowest BCUT2D eigenvalue weighted by Gasteiger charge is -2.14. The second-order valence-electron chi connectivity index (χ2n) is 4.43. The Balaban J connectivity index is 3.01. The van der Waals surface area contributed by atoms with E-state index in [0.29, 0.717) is 9.13 Å². The van der Waals surface area contributed by atoms with Gasteiger partial charge in [0.2, 0.25) is 0 Å². The van der Waals surface area contributed by atoms with Crippen molar-refractivity contribution >= 4 is 11.2 Å². The number of nitrogens with zero attached hydrogens (tertiary/aromatic N) is 4. The number of hydrogen-bond acceptors (Lipinski definition) is 3. The number of aryl methyl sites for hydroxylation is 2. The van der Waals surface area contributed by atoms with Crippen molar-refractivity contribution < 1.29 is 26.3 Å². The Hall–Kier alpha value is -1.92. The molecule has 0 aliphatic carbocycles. The van der Waals surface area contributed by atoms with Crippen molar-refractivity contribution in [3.05, 3.63) is 27.2 Å². The third kappa shape index (κ3) is 3.71. The van der Waals surface area contributed by atoms with Crippen LogP contribution in [0, 0.1) is 0 Å². The molecule has 23 heavy (non-hydrogen) atoms. The number of alkyl halides is 1. The number of imidazole rings is 1. The molecule has 0 aliphatic heterocycles. The first kappa shape index (κ1) is 5.86. The fourth-order valence-electron chi connectivity index (χ4n) is 1.81. The first-order valence-corrected chi connectivity index (χ1v) is 6.41. The Morgan fingerprint density at radius 2 is 2.26 bits per heavy atom. The standard InChI is InChI=1S/C16H25FN4O2/c1-5-9-20-11-18-13-12(20)14(22)21(15(23)19(13)4)10-7-6-8-16(2,3)17/h11H,5-10H2,1-4H3/i2D3,3T3,6D2,7D2,8D2,9D2,10D2. The largest absolute Gasteiger partial charge is 0.332 e. The van der Waals surface area contributed by atoms with Crippen LogP contribution in [0.1, 0.15) is 68.1 Å². The van der Waals surface area contributed by atoms with E-state index in [-0.39, 0.29) is 6.42 Å². The number of rotatable bonds is 7. The molecule has 0 radical (unpaired) electrons. The molecule has 0 saturated carbocycles. The van der Waals surface area contributed by atoms with Crippen LogP contribution in [0.25, 0.3) is 11.2 Å². The molecule has 6 nitrogen and oxygen atoms in total. The van der Waals surface area contributed by atoms with Gasteiger partial charge in [-0.3, -0.25) is 13.9 Å². The summed E-state index contributed by atoms with van der Waals surface area (Å²) in [6.45, 7) is -14.1. The lowest BCUT2D eigenvalue weighted by atomic mass is 10.0. The minimum atomic E-state index is -5.10. The highest BCUT2D eigenvalue weighted by Gasteiger charge is 2.17. The Labute approximate surface area is 157 Å². The fraction of sp³-hybridized carbons (Fsp3) is 0.688. The van der Waals surface area contributed by atoms with E-state index in [0.717, 1.165) is 13.4 Å². The van der Waals surface area contributed by atoms with Gasteiger partial charge in [-0.1, -0.05) is 6.92 Å². The average Bonchev–Trinajstić information content (AvgIpc) is 3.21. The summed E-state index contributed by atoms with van der Waals surface area (Å²) in [5.74, 6) is 0. The van der Waals surface area contributed by atoms with Crippen LogP contribution in [0.2, 0.25) is 0 Å². The highest BCUT2D eigenvalue weighted by Crippen LogP contribution is 2.17. The third-order valence-corrected chi connectivity index (χ3v) is 2.74. The van der Waals surface area contributed by atoms with Gasteiger partial charge in [-0.15, -0.1) is 0 Å².